The minimum atomic E-state index is -0.173. The molecular formula is C17H14BrClN2. The Kier molecular flexibility index (Phi) is 4.24. The van der Waals surface area contributed by atoms with Crippen LogP contribution in [0.15, 0.2) is 59.1 Å². The number of halogens is 2. The van der Waals surface area contributed by atoms with E-state index in [0.29, 0.717) is 6.42 Å². The van der Waals surface area contributed by atoms with Gasteiger partial charge in [-0.05, 0) is 36.2 Å². The Morgan fingerprint density at radius 3 is 2.71 bits per heavy atom. The van der Waals surface area contributed by atoms with E-state index in [9.17, 15) is 0 Å². The number of nitrogens with zero attached hydrogens (tertiary/aromatic N) is 1. The highest BCUT2D eigenvalue weighted by molar-refractivity contribution is 9.10. The van der Waals surface area contributed by atoms with Gasteiger partial charge in [0.2, 0.25) is 0 Å². The Morgan fingerprint density at radius 1 is 1.10 bits per heavy atom. The first-order chi connectivity index (χ1) is 10.1. The van der Waals surface area contributed by atoms with Gasteiger partial charge >= 0.3 is 0 Å². The molecule has 0 saturated heterocycles. The van der Waals surface area contributed by atoms with Crippen LogP contribution in [0, 0.1) is 0 Å². The van der Waals surface area contributed by atoms with Gasteiger partial charge in [-0.25, -0.2) is 0 Å². The quantitative estimate of drug-likeness (QED) is 0.721. The van der Waals surface area contributed by atoms with E-state index in [1.807, 2.05) is 48.5 Å². The molecule has 1 atom stereocenters. The van der Waals surface area contributed by atoms with E-state index in [2.05, 4.69) is 27.0 Å². The maximum atomic E-state index is 6.29. The van der Waals surface area contributed by atoms with Crippen molar-refractivity contribution in [3.63, 3.8) is 0 Å². The topological polar surface area (TPSA) is 38.9 Å². The molecule has 0 bridgehead atoms. The number of hydrogen-bond donors (Lipinski definition) is 1. The molecule has 106 valence electrons. The molecule has 1 heterocycles. The van der Waals surface area contributed by atoms with E-state index in [-0.39, 0.29) is 6.04 Å². The molecule has 1 unspecified atom stereocenters. The van der Waals surface area contributed by atoms with Crippen molar-refractivity contribution < 1.29 is 0 Å². The van der Waals surface area contributed by atoms with Gasteiger partial charge in [0.05, 0.1) is 17.3 Å². The molecule has 2 N–H and O–H groups in total. The summed E-state index contributed by atoms with van der Waals surface area (Å²) in [5.74, 6) is 0. The lowest BCUT2D eigenvalue weighted by molar-refractivity contribution is 0.700. The first kappa shape index (κ1) is 14.5. The summed E-state index contributed by atoms with van der Waals surface area (Å²) in [4.78, 5) is 4.64. The second kappa shape index (κ2) is 6.14. The molecule has 0 saturated carbocycles. The predicted octanol–water partition coefficient (Wildman–Crippen LogP) is 4.89. The van der Waals surface area contributed by atoms with Crippen molar-refractivity contribution in [1.29, 1.82) is 0 Å². The van der Waals surface area contributed by atoms with E-state index >= 15 is 0 Å². The number of aromatic nitrogens is 1. The van der Waals surface area contributed by atoms with Crippen LogP contribution in [0.25, 0.3) is 10.9 Å². The molecule has 0 amide bonds. The standard InChI is InChI=1S/C17H14BrClN2/c18-13-7-5-12(14(19)10-13)9-15(20)17-8-6-11-3-1-2-4-16(11)21-17/h1-8,10,15H,9,20H2. The van der Waals surface area contributed by atoms with Crippen LogP contribution in [0.3, 0.4) is 0 Å². The summed E-state index contributed by atoms with van der Waals surface area (Å²) in [6.45, 7) is 0. The third-order valence-electron chi connectivity index (χ3n) is 3.45. The normalized spacial score (nSPS) is 12.5. The molecule has 4 heteroatoms. The SMILES string of the molecule is NC(Cc1ccc(Br)cc1Cl)c1ccc2ccccc2n1. The monoisotopic (exact) mass is 360 g/mol. The Hall–Kier alpha value is -1.42. The molecule has 3 aromatic rings. The lowest BCUT2D eigenvalue weighted by Crippen LogP contribution is -2.15. The van der Waals surface area contributed by atoms with E-state index in [1.165, 1.54) is 0 Å². The van der Waals surface area contributed by atoms with E-state index < -0.39 is 0 Å². The third kappa shape index (κ3) is 3.26. The maximum absolute atomic E-state index is 6.29. The van der Waals surface area contributed by atoms with Crippen LogP contribution in [0.4, 0.5) is 0 Å². The lowest BCUT2D eigenvalue weighted by atomic mass is 10.0. The lowest BCUT2D eigenvalue weighted by Gasteiger charge is -2.13. The molecule has 0 fully saturated rings. The zero-order valence-corrected chi connectivity index (χ0v) is 13.6. The van der Waals surface area contributed by atoms with Gasteiger partial charge in [0, 0.05) is 14.9 Å². The molecule has 0 aliphatic rings. The minimum absolute atomic E-state index is 0.173. The number of benzene rings is 2. The summed E-state index contributed by atoms with van der Waals surface area (Å²) >= 11 is 9.66. The Bertz CT molecular complexity index is 789. The van der Waals surface area contributed by atoms with Gasteiger partial charge in [-0.2, -0.15) is 0 Å². The largest absolute Gasteiger partial charge is 0.322 e. The van der Waals surface area contributed by atoms with Crippen LogP contribution in [0.1, 0.15) is 17.3 Å². The third-order valence-corrected chi connectivity index (χ3v) is 4.30. The van der Waals surface area contributed by atoms with Crippen LogP contribution >= 0.6 is 27.5 Å². The molecule has 21 heavy (non-hydrogen) atoms. The Morgan fingerprint density at radius 2 is 1.90 bits per heavy atom. The first-order valence-corrected chi connectivity index (χ1v) is 7.86. The van der Waals surface area contributed by atoms with Crippen LogP contribution in [-0.2, 0) is 6.42 Å². The Labute approximate surface area is 137 Å². The number of nitrogens with two attached hydrogens (primary N) is 1. The van der Waals surface area contributed by atoms with Gasteiger partial charge in [-0.3, -0.25) is 4.98 Å². The molecule has 0 spiro atoms. The van der Waals surface area contributed by atoms with Crippen molar-refractivity contribution in [2.45, 2.75) is 12.5 Å². The van der Waals surface area contributed by atoms with Crippen molar-refractivity contribution in [2.24, 2.45) is 5.73 Å². The fourth-order valence-electron chi connectivity index (χ4n) is 2.32. The number of rotatable bonds is 3. The summed E-state index contributed by atoms with van der Waals surface area (Å²) in [5.41, 5.74) is 9.17. The van der Waals surface area contributed by atoms with Crippen LogP contribution < -0.4 is 5.73 Å². The van der Waals surface area contributed by atoms with Gasteiger partial charge in [0.25, 0.3) is 0 Å². The average molecular weight is 362 g/mol. The summed E-state index contributed by atoms with van der Waals surface area (Å²) in [6, 6.07) is 17.8. The van der Waals surface area contributed by atoms with Gasteiger partial charge in [-0.15, -0.1) is 0 Å². The highest BCUT2D eigenvalue weighted by Gasteiger charge is 2.11. The van der Waals surface area contributed by atoms with Gasteiger partial charge in [0.15, 0.2) is 0 Å². The van der Waals surface area contributed by atoms with E-state index in [4.69, 9.17) is 17.3 Å². The van der Waals surface area contributed by atoms with E-state index in [0.717, 1.165) is 31.7 Å². The van der Waals surface area contributed by atoms with Crippen LogP contribution in [0.5, 0.6) is 0 Å². The smallest absolute Gasteiger partial charge is 0.0706 e. The highest BCUT2D eigenvalue weighted by Crippen LogP contribution is 2.25. The number of hydrogen-bond acceptors (Lipinski definition) is 2. The molecular weight excluding hydrogens is 348 g/mol. The first-order valence-electron chi connectivity index (χ1n) is 6.69. The van der Waals surface area contributed by atoms with Crippen LogP contribution in [0.2, 0.25) is 5.02 Å². The van der Waals surface area contributed by atoms with Crippen LogP contribution in [-0.4, -0.2) is 4.98 Å². The van der Waals surface area contributed by atoms with E-state index in [1.54, 1.807) is 0 Å². The van der Waals surface area contributed by atoms with Crippen molar-refractivity contribution in [3.05, 3.63) is 75.4 Å². The molecule has 0 aliphatic heterocycles. The zero-order valence-electron chi connectivity index (χ0n) is 11.3. The molecule has 2 nitrogen and oxygen atoms in total. The average Bonchev–Trinajstić information content (AvgIpc) is 2.49. The zero-order chi connectivity index (χ0) is 14.8. The fraction of sp³-hybridized carbons (Fsp3) is 0.118. The second-order valence-electron chi connectivity index (χ2n) is 4.98. The fourth-order valence-corrected chi connectivity index (χ4v) is 3.07. The number of para-hydroxylation sites is 1. The van der Waals surface area contributed by atoms with Crippen molar-refractivity contribution in [1.82, 2.24) is 4.98 Å². The summed E-state index contributed by atoms with van der Waals surface area (Å²) in [5, 5.41) is 1.84. The molecule has 3 rings (SSSR count). The minimum Gasteiger partial charge on any atom is -0.322 e. The summed E-state index contributed by atoms with van der Waals surface area (Å²) in [7, 11) is 0. The van der Waals surface area contributed by atoms with Crippen molar-refractivity contribution in [3.8, 4) is 0 Å². The second-order valence-corrected chi connectivity index (χ2v) is 6.30. The Balaban J connectivity index is 1.87. The molecule has 2 aromatic carbocycles. The highest BCUT2D eigenvalue weighted by atomic mass is 79.9. The number of fused-ring (bicyclic) bond motifs is 1. The van der Waals surface area contributed by atoms with Gasteiger partial charge in [0.1, 0.15) is 0 Å². The van der Waals surface area contributed by atoms with Crippen molar-refractivity contribution in [2.75, 3.05) is 0 Å². The number of pyridine rings is 1. The molecule has 0 aliphatic carbocycles. The summed E-state index contributed by atoms with van der Waals surface area (Å²) < 4.78 is 0.966. The summed E-state index contributed by atoms with van der Waals surface area (Å²) in [6.07, 6.45) is 0.664. The maximum Gasteiger partial charge on any atom is 0.0706 e. The molecule has 1 aromatic heterocycles. The predicted molar refractivity (Wildman–Crippen MR) is 91.5 cm³/mol. The van der Waals surface area contributed by atoms with Crippen molar-refractivity contribution >= 4 is 38.4 Å². The van der Waals surface area contributed by atoms with Gasteiger partial charge < -0.3 is 5.73 Å². The van der Waals surface area contributed by atoms with Gasteiger partial charge in [-0.1, -0.05) is 57.9 Å². The molecule has 0 radical (unpaired) electrons.